The first-order valence-electron chi connectivity index (χ1n) is 11.6. The fourth-order valence-corrected chi connectivity index (χ4v) is 5.33. The van der Waals surface area contributed by atoms with Gasteiger partial charge in [0.2, 0.25) is 5.91 Å². The standard InChI is InChI=1S/C27H36N2O3/c1-27(2,3)26(30)29-18-23(20-7-6-8-22(15-20)32-5)24-17-28(14-13-25(24)29)16-19-9-11-21(31-4)12-10-19/h6-12,15,23-25H,13-14,16-18H2,1-5H3/t23-,24-,25-/m1/s1. The number of hydrogen-bond acceptors (Lipinski definition) is 4. The van der Waals surface area contributed by atoms with Crippen LogP contribution in [0.2, 0.25) is 0 Å². The van der Waals surface area contributed by atoms with E-state index in [1.54, 1.807) is 14.2 Å². The van der Waals surface area contributed by atoms with E-state index in [9.17, 15) is 4.79 Å². The van der Waals surface area contributed by atoms with E-state index in [1.807, 2.05) is 39.0 Å². The predicted octanol–water partition coefficient (Wildman–Crippen LogP) is 4.57. The Kier molecular flexibility index (Phi) is 6.47. The van der Waals surface area contributed by atoms with E-state index in [0.29, 0.717) is 17.9 Å². The molecule has 5 heteroatoms. The van der Waals surface area contributed by atoms with Gasteiger partial charge in [-0.25, -0.2) is 0 Å². The summed E-state index contributed by atoms with van der Waals surface area (Å²) < 4.78 is 10.8. The zero-order chi connectivity index (χ0) is 22.9. The highest BCUT2D eigenvalue weighted by Crippen LogP contribution is 2.43. The molecule has 0 unspecified atom stereocenters. The smallest absolute Gasteiger partial charge is 0.228 e. The second-order valence-electron chi connectivity index (χ2n) is 10.2. The van der Waals surface area contributed by atoms with Crippen LogP contribution < -0.4 is 9.47 Å². The first-order chi connectivity index (χ1) is 15.3. The fourth-order valence-electron chi connectivity index (χ4n) is 5.33. The summed E-state index contributed by atoms with van der Waals surface area (Å²) >= 11 is 0. The van der Waals surface area contributed by atoms with E-state index in [0.717, 1.165) is 44.1 Å². The number of likely N-dealkylation sites (tertiary alicyclic amines) is 2. The van der Waals surface area contributed by atoms with Crippen LogP contribution >= 0.6 is 0 Å². The molecule has 0 saturated carbocycles. The molecule has 2 aliphatic heterocycles. The number of fused-ring (bicyclic) bond motifs is 1. The highest BCUT2D eigenvalue weighted by Gasteiger charge is 2.48. The van der Waals surface area contributed by atoms with Crippen LogP contribution in [0.1, 0.15) is 44.2 Å². The van der Waals surface area contributed by atoms with Gasteiger partial charge in [0.15, 0.2) is 0 Å². The number of carbonyl (C=O) groups excluding carboxylic acids is 1. The maximum atomic E-state index is 13.3. The van der Waals surface area contributed by atoms with Gasteiger partial charge in [-0.3, -0.25) is 9.69 Å². The van der Waals surface area contributed by atoms with Crippen molar-refractivity contribution in [3.8, 4) is 11.5 Å². The molecular formula is C27H36N2O3. The second kappa shape index (κ2) is 9.14. The zero-order valence-electron chi connectivity index (χ0n) is 20.0. The van der Waals surface area contributed by atoms with Crippen molar-refractivity contribution in [1.29, 1.82) is 0 Å². The minimum Gasteiger partial charge on any atom is -0.497 e. The van der Waals surface area contributed by atoms with Crippen molar-refractivity contribution in [2.75, 3.05) is 33.9 Å². The number of amides is 1. The largest absolute Gasteiger partial charge is 0.497 e. The average molecular weight is 437 g/mol. The van der Waals surface area contributed by atoms with E-state index in [1.165, 1.54) is 11.1 Å². The summed E-state index contributed by atoms with van der Waals surface area (Å²) in [5.74, 6) is 2.77. The minimum absolute atomic E-state index is 0.265. The molecule has 2 heterocycles. The van der Waals surface area contributed by atoms with Crippen molar-refractivity contribution in [2.45, 2.75) is 45.7 Å². The van der Waals surface area contributed by atoms with Crippen molar-refractivity contribution in [3.63, 3.8) is 0 Å². The molecule has 4 rings (SSSR count). The number of methoxy groups -OCH3 is 2. The SMILES string of the molecule is COc1ccc(CN2CC[C@@H]3[C@H](C2)[C@@H](c2cccc(OC)c2)CN3C(=O)C(C)(C)C)cc1. The molecule has 2 aromatic rings. The Labute approximate surface area is 192 Å². The number of rotatable bonds is 5. The molecule has 0 N–H and O–H groups in total. The van der Waals surface area contributed by atoms with E-state index >= 15 is 0 Å². The minimum atomic E-state index is -0.367. The molecule has 2 aromatic carbocycles. The number of ether oxygens (including phenoxy) is 2. The molecule has 32 heavy (non-hydrogen) atoms. The third-order valence-electron chi connectivity index (χ3n) is 7.00. The highest BCUT2D eigenvalue weighted by molar-refractivity contribution is 5.82. The molecule has 2 saturated heterocycles. The molecule has 0 spiro atoms. The molecular weight excluding hydrogens is 400 g/mol. The first kappa shape index (κ1) is 22.7. The summed E-state index contributed by atoms with van der Waals surface area (Å²) in [5.41, 5.74) is 2.20. The van der Waals surface area contributed by atoms with Crippen LogP contribution in [0.25, 0.3) is 0 Å². The van der Waals surface area contributed by atoms with Crippen molar-refractivity contribution < 1.29 is 14.3 Å². The Balaban J connectivity index is 1.57. The molecule has 0 aliphatic carbocycles. The van der Waals surface area contributed by atoms with Gasteiger partial charge in [0, 0.05) is 49.5 Å². The molecule has 3 atom stereocenters. The second-order valence-corrected chi connectivity index (χ2v) is 10.2. The number of nitrogens with zero attached hydrogens (tertiary/aromatic N) is 2. The lowest BCUT2D eigenvalue weighted by molar-refractivity contribution is -0.141. The number of piperidine rings is 1. The van der Waals surface area contributed by atoms with E-state index in [-0.39, 0.29) is 11.3 Å². The molecule has 0 aromatic heterocycles. The summed E-state index contributed by atoms with van der Waals surface area (Å²) in [5, 5.41) is 0. The summed E-state index contributed by atoms with van der Waals surface area (Å²) in [6.45, 7) is 9.80. The third-order valence-corrected chi connectivity index (χ3v) is 7.00. The molecule has 5 nitrogen and oxygen atoms in total. The van der Waals surface area contributed by atoms with Gasteiger partial charge in [-0.1, -0.05) is 45.0 Å². The van der Waals surface area contributed by atoms with Crippen LogP contribution in [-0.4, -0.2) is 55.6 Å². The molecule has 172 valence electrons. The average Bonchev–Trinajstić information content (AvgIpc) is 3.17. The number of hydrogen-bond donors (Lipinski definition) is 0. The normalized spacial score (nSPS) is 23.7. The Morgan fingerprint density at radius 3 is 2.38 bits per heavy atom. The highest BCUT2D eigenvalue weighted by atomic mass is 16.5. The lowest BCUT2D eigenvalue weighted by Gasteiger charge is -2.40. The van der Waals surface area contributed by atoms with E-state index in [4.69, 9.17) is 9.47 Å². The summed E-state index contributed by atoms with van der Waals surface area (Å²) in [6, 6.07) is 17.0. The lowest BCUT2D eigenvalue weighted by Crippen LogP contribution is -2.49. The van der Waals surface area contributed by atoms with Gasteiger partial charge in [0.05, 0.1) is 14.2 Å². The van der Waals surface area contributed by atoms with Gasteiger partial charge < -0.3 is 14.4 Å². The number of benzene rings is 2. The lowest BCUT2D eigenvalue weighted by atomic mass is 9.81. The van der Waals surface area contributed by atoms with E-state index in [2.05, 4.69) is 40.1 Å². The Bertz CT molecular complexity index is 935. The van der Waals surface area contributed by atoms with Crippen LogP contribution in [0.4, 0.5) is 0 Å². The van der Waals surface area contributed by atoms with Gasteiger partial charge in [-0.2, -0.15) is 0 Å². The summed E-state index contributed by atoms with van der Waals surface area (Å²) in [6.07, 6.45) is 1.02. The first-order valence-corrected chi connectivity index (χ1v) is 11.6. The molecule has 2 fully saturated rings. The summed E-state index contributed by atoms with van der Waals surface area (Å²) in [4.78, 5) is 18.1. The van der Waals surface area contributed by atoms with Crippen LogP contribution in [0.5, 0.6) is 11.5 Å². The van der Waals surface area contributed by atoms with Crippen LogP contribution in [0.15, 0.2) is 48.5 Å². The van der Waals surface area contributed by atoms with E-state index < -0.39 is 0 Å². The van der Waals surface area contributed by atoms with Crippen molar-refractivity contribution in [2.24, 2.45) is 11.3 Å². The van der Waals surface area contributed by atoms with Crippen LogP contribution in [-0.2, 0) is 11.3 Å². The maximum Gasteiger partial charge on any atom is 0.228 e. The maximum absolute atomic E-state index is 13.3. The van der Waals surface area contributed by atoms with Crippen LogP contribution in [0, 0.1) is 11.3 Å². The summed E-state index contributed by atoms with van der Waals surface area (Å²) in [7, 11) is 3.41. The topological polar surface area (TPSA) is 42.0 Å². The van der Waals surface area contributed by atoms with Crippen molar-refractivity contribution in [1.82, 2.24) is 9.80 Å². The van der Waals surface area contributed by atoms with Gasteiger partial charge in [0.1, 0.15) is 11.5 Å². The predicted molar refractivity (Wildman–Crippen MR) is 127 cm³/mol. The molecule has 0 bridgehead atoms. The fraction of sp³-hybridized carbons (Fsp3) is 0.519. The van der Waals surface area contributed by atoms with Gasteiger partial charge in [-0.05, 0) is 41.8 Å². The molecule has 2 aliphatic rings. The third kappa shape index (κ3) is 4.63. The van der Waals surface area contributed by atoms with Crippen molar-refractivity contribution in [3.05, 3.63) is 59.7 Å². The Morgan fingerprint density at radius 1 is 1.00 bits per heavy atom. The zero-order valence-corrected chi connectivity index (χ0v) is 20.0. The molecule has 1 amide bonds. The van der Waals surface area contributed by atoms with Crippen LogP contribution in [0.3, 0.4) is 0 Å². The number of carbonyl (C=O) groups is 1. The van der Waals surface area contributed by atoms with Gasteiger partial charge in [-0.15, -0.1) is 0 Å². The van der Waals surface area contributed by atoms with Gasteiger partial charge in [0.25, 0.3) is 0 Å². The Hall–Kier alpha value is -2.53. The quantitative estimate of drug-likeness (QED) is 0.689. The monoisotopic (exact) mass is 436 g/mol. The Morgan fingerprint density at radius 2 is 1.72 bits per heavy atom. The molecule has 0 radical (unpaired) electrons. The van der Waals surface area contributed by atoms with Gasteiger partial charge >= 0.3 is 0 Å². The van der Waals surface area contributed by atoms with Crippen molar-refractivity contribution >= 4 is 5.91 Å².